The van der Waals surface area contributed by atoms with E-state index in [1.165, 1.54) is 15.2 Å². The lowest BCUT2D eigenvalue weighted by Crippen LogP contribution is -2.49. The molecule has 0 unspecified atom stereocenters. The minimum absolute atomic E-state index is 0.0794. The number of hydrogen-bond acceptors (Lipinski definition) is 5. The predicted octanol–water partition coefficient (Wildman–Crippen LogP) is 2.89. The van der Waals surface area contributed by atoms with Gasteiger partial charge in [0.15, 0.2) is 0 Å². The first-order chi connectivity index (χ1) is 15.2. The van der Waals surface area contributed by atoms with Crippen molar-refractivity contribution < 1.29 is 13.2 Å². The molecule has 174 valence electrons. The Labute approximate surface area is 194 Å². The summed E-state index contributed by atoms with van der Waals surface area (Å²) in [5, 5.41) is 7.67. The fourth-order valence-corrected chi connectivity index (χ4v) is 6.19. The number of rotatable bonds is 5. The number of carbonyl (C=O) groups excluding carboxylic acids is 1. The summed E-state index contributed by atoms with van der Waals surface area (Å²) in [7, 11) is -2.26. The second kappa shape index (κ2) is 9.41. The number of sulfonamides is 1. The van der Waals surface area contributed by atoms with Gasteiger partial charge in [0.1, 0.15) is 0 Å². The van der Waals surface area contributed by atoms with E-state index in [4.69, 9.17) is 11.6 Å². The molecule has 1 saturated carbocycles. The Balaban J connectivity index is 1.47. The molecule has 0 bridgehead atoms. The maximum atomic E-state index is 13.4. The first-order valence-electron chi connectivity index (χ1n) is 11.1. The van der Waals surface area contributed by atoms with Crippen molar-refractivity contribution >= 4 is 33.2 Å². The third-order valence-electron chi connectivity index (χ3n) is 6.39. The van der Waals surface area contributed by atoms with Crippen LogP contribution in [0.3, 0.4) is 0 Å². The van der Waals surface area contributed by atoms with Crippen LogP contribution >= 0.6 is 11.6 Å². The van der Waals surface area contributed by atoms with Gasteiger partial charge in [-0.3, -0.25) is 9.48 Å². The van der Waals surface area contributed by atoms with Crippen molar-refractivity contribution in [3.05, 3.63) is 41.0 Å². The van der Waals surface area contributed by atoms with E-state index in [-0.39, 0.29) is 22.5 Å². The molecule has 0 radical (unpaired) electrons. The van der Waals surface area contributed by atoms with E-state index in [1.807, 2.05) is 24.3 Å². The van der Waals surface area contributed by atoms with Gasteiger partial charge in [0.05, 0.1) is 5.56 Å². The average Bonchev–Trinajstić information content (AvgIpc) is 3.18. The molecule has 1 amide bonds. The number of nitrogens with one attached hydrogen (secondary N) is 1. The molecule has 2 heterocycles. The SMILES string of the molecule is CC1CCC(NC(=O)c2cn(C)nc2S(=O)(=O)N2CCN(c3cccc(Cl)c3)CC2)CC1. The van der Waals surface area contributed by atoms with Crippen LogP contribution in [0.5, 0.6) is 0 Å². The van der Waals surface area contributed by atoms with E-state index in [2.05, 4.69) is 22.2 Å². The van der Waals surface area contributed by atoms with Crippen molar-refractivity contribution in [2.75, 3.05) is 31.1 Å². The Morgan fingerprint density at radius 1 is 1.12 bits per heavy atom. The number of benzene rings is 1. The van der Waals surface area contributed by atoms with Gasteiger partial charge in [0.2, 0.25) is 5.03 Å². The van der Waals surface area contributed by atoms with E-state index in [0.29, 0.717) is 37.1 Å². The Bertz CT molecular complexity index is 1070. The second-order valence-electron chi connectivity index (χ2n) is 8.82. The standard InChI is InChI=1S/C22H30ClN5O3S/c1-16-6-8-18(9-7-16)24-21(29)20-15-26(2)25-22(20)32(30,31)28-12-10-27(11-13-28)19-5-3-4-17(23)14-19/h3-5,14-16,18H,6-13H2,1-2H3,(H,24,29). The van der Waals surface area contributed by atoms with Gasteiger partial charge >= 0.3 is 0 Å². The van der Waals surface area contributed by atoms with Gasteiger partial charge in [-0.05, 0) is 49.8 Å². The minimum Gasteiger partial charge on any atom is -0.369 e. The number of aryl methyl sites for hydroxylation is 1. The molecule has 1 saturated heterocycles. The van der Waals surface area contributed by atoms with E-state index in [0.717, 1.165) is 31.4 Å². The molecule has 10 heteroatoms. The quantitative estimate of drug-likeness (QED) is 0.712. The van der Waals surface area contributed by atoms with Crippen LogP contribution in [0.1, 0.15) is 43.0 Å². The molecule has 4 rings (SSSR count). The Hall–Kier alpha value is -2.10. The smallest absolute Gasteiger partial charge is 0.263 e. The molecule has 1 aliphatic carbocycles. The van der Waals surface area contributed by atoms with Crippen LogP contribution in [0.25, 0.3) is 0 Å². The largest absolute Gasteiger partial charge is 0.369 e. The van der Waals surface area contributed by atoms with E-state index >= 15 is 0 Å². The first-order valence-corrected chi connectivity index (χ1v) is 12.9. The van der Waals surface area contributed by atoms with Crippen LogP contribution in [-0.4, -0.2) is 60.6 Å². The van der Waals surface area contributed by atoms with Crippen molar-refractivity contribution in [1.29, 1.82) is 0 Å². The molecule has 1 aliphatic heterocycles. The molecule has 2 aromatic rings. The Morgan fingerprint density at radius 3 is 2.47 bits per heavy atom. The third-order valence-corrected chi connectivity index (χ3v) is 8.46. The molecule has 0 spiro atoms. The van der Waals surface area contributed by atoms with Crippen molar-refractivity contribution in [2.24, 2.45) is 13.0 Å². The summed E-state index contributed by atoms with van der Waals surface area (Å²) in [6, 6.07) is 7.61. The van der Waals surface area contributed by atoms with Gasteiger partial charge in [-0.2, -0.15) is 9.40 Å². The highest BCUT2D eigenvalue weighted by Crippen LogP contribution is 2.26. The molecule has 8 nitrogen and oxygen atoms in total. The summed E-state index contributed by atoms with van der Waals surface area (Å²) < 4.78 is 29.6. The van der Waals surface area contributed by atoms with Gasteiger partial charge < -0.3 is 10.2 Å². The Kier molecular flexibility index (Phi) is 6.78. The van der Waals surface area contributed by atoms with E-state index < -0.39 is 10.0 Å². The highest BCUT2D eigenvalue weighted by Gasteiger charge is 2.35. The van der Waals surface area contributed by atoms with Gasteiger partial charge in [0, 0.05) is 56.2 Å². The summed E-state index contributed by atoms with van der Waals surface area (Å²) in [5.74, 6) is 0.303. The normalized spacial score (nSPS) is 22.7. The fourth-order valence-electron chi connectivity index (χ4n) is 4.46. The number of carbonyl (C=O) groups is 1. The number of nitrogens with zero attached hydrogens (tertiary/aromatic N) is 4. The molecule has 2 fully saturated rings. The summed E-state index contributed by atoms with van der Waals surface area (Å²) in [4.78, 5) is 15.1. The van der Waals surface area contributed by atoms with Crippen LogP contribution in [0.15, 0.2) is 35.5 Å². The molecule has 1 aromatic heterocycles. The monoisotopic (exact) mass is 479 g/mol. The molecule has 1 aromatic carbocycles. The number of anilines is 1. The van der Waals surface area contributed by atoms with E-state index in [9.17, 15) is 13.2 Å². The zero-order valence-corrected chi connectivity index (χ0v) is 20.1. The van der Waals surface area contributed by atoms with Crippen molar-refractivity contribution in [3.8, 4) is 0 Å². The van der Waals surface area contributed by atoms with Crippen molar-refractivity contribution in [2.45, 2.75) is 43.7 Å². The summed E-state index contributed by atoms with van der Waals surface area (Å²) in [6.07, 6.45) is 5.47. The number of halogens is 1. The predicted molar refractivity (Wildman–Crippen MR) is 125 cm³/mol. The maximum Gasteiger partial charge on any atom is 0.263 e. The average molecular weight is 480 g/mol. The van der Waals surface area contributed by atoms with Crippen molar-refractivity contribution in [3.63, 3.8) is 0 Å². The van der Waals surface area contributed by atoms with Crippen LogP contribution in [0.4, 0.5) is 5.69 Å². The van der Waals surface area contributed by atoms with Crippen LogP contribution in [0.2, 0.25) is 5.02 Å². The summed E-state index contributed by atoms with van der Waals surface area (Å²) in [5.41, 5.74) is 1.08. The zero-order chi connectivity index (χ0) is 22.9. The van der Waals surface area contributed by atoms with Gasteiger partial charge in [0.25, 0.3) is 15.9 Å². The molecule has 1 N–H and O–H groups in total. The van der Waals surface area contributed by atoms with Gasteiger partial charge in [-0.15, -0.1) is 0 Å². The van der Waals surface area contributed by atoms with Crippen LogP contribution in [-0.2, 0) is 17.1 Å². The second-order valence-corrected chi connectivity index (χ2v) is 11.1. The number of amides is 1. The first kappa shape index (κ1) is 23.1. The third kappa shape index (κ3) is 4.94. The maximum absolute atomic E-state index is 13.4. The Morgan fingerprint density at radius 2 is 1.81 bits per heavy atom. The van der Waals surface area contributed by atoms with Gasteiger partial charge in [-0.25, -0.2) is 8.42 Å². The summed E-state index contributed by atoms with van der Waals surface area (Å²) in [6.45, 7) is 3.92. The van der Waals surface area contributed by atoms with Crippen LogP contribution in [0, 0.1) is 5.92 Å². The summed E-state index contributed by atoms with van der Waals surface area (Å²) >= 11 is 6.09. The number of piperazine rings is 1. The van der Waals surface area contributed by atoms with E-state index in [1.54, 1.807) is 7.05 Å². The lowest BCUT2D eigenvalue weighted by Gasteiger charge is -2.35. The lowest BCUT2D eigenvalue weighted by atomic mass is 9.87. The minimum atomic E-state index is -3.89. The zero-order valence-electron chi connectivity index (χ0n) is 18.5. The van der Waals surface area contributed by atoms with Crippen molar-refractivity contribution in [1.82, 2.24) is 19.4 Å². The highest BCUT2D eigenvalue weighted by molar-refractivity contribution is 7.89. The number of hydrogen-bond donors (Lipinski definition) is 1. The topological polar surface area (TPSA) is 87.5 Å². The molecule has 32 heavy (non-hydrogen) atoms. The highest BCUT2D eigenvalue weighted by atomic mass is 35.5. The fraction of sp³-hybridized carbons (Fsp3) is 0.545. The lowest BCUT2D eigenvalue weighted by molar-refractivity contribution is 0.0919. The molecular weight excluding hydrogens is 450 g/mol. The van der Waals surface area contributed by atoms with Crippen LogP contribution < -0.4 is 10.2 Å². The molecule has 2 aliphatic rings. The molecule has 0 atom stereocenters. The van der Waals surface area contributed by atoms with Gasteiger partial charge in [-0.1, -0.05) is 24.6 Å². The number of aromatic nitrogens is 2. The molecular formula is C22H30ClN5O3S.